The molecule has 0 N–H and O–H groups in total. The fourth-order valence-electron chi connectivity index (χ4n) is 5.74. The Labute approximate surface area is 241 Å². The number of hydrogen-bond donors (Lipinski definition) is 0. The number of anilines is 1. The topological polar surface area (TPSA) is 98.5 Å². The first-order valence-electron chi connectivity index (χ1n) is 13.7. The second-order valence-corrected chi connectivity index (χ2v) is 11.4. The van der Waals surface area contributed by atoms with Gasteiger partial charge in [0, 0.05) is 35.9 Å². The molecule has 0 saturated carbocycles. The number of aromatic nitrogens is 3. The average Bonchev–Trinajstić information content (AvgIpc) is 3.63. The van der Waals surface area contributed by atoms with Crippen molar-refractivity contribution in [3.63, 3.8) is 0 Å². The molecule has 0 aliphatic carbocycles. The van der Waals surface area contributed by atoms with E-state index >= 15 is 0 Å². The number of ether oxygens (including phenoxy) is 1. The van der Waals surface area contributed by atoms with Gasteiger partial charge in [-0.25, -0.2) is 9.37 Å². The lowest BCUT2D eigenvalue weighted by Crippen LogP contribution is -2.55. The monoisotopic (exact) mass is 571 g/mol. The third-order valence-electron chi connectivity index (χ3n) is 7.95. The van der Waals surface area contributed by atoms with Crippen LogP contribution in [0.2, 0.25) is 0 Å². The van der Waals surface area contributed by atoms with E-state index in [0.29, 0.717) is 31.2 Å². The number of pyridine rings is 1. The Hall–Kier alpha value is -4.14. The summed E-state index contributed by atoms with van der Waals surface area (Å²) in [6, 6.07) is 14.3. The SMILES string of the molecule is C=C(F)C(=O)N1CCN(c2nc(OC[C@@H]3CCCN3C)nc3nc(-c4cccc5ccsc45)ccc23)C[C@@H]1CC#N. The largest absolute Gasteiger partial charge is 0.462 e. The molecule has 9 nitrogen and oxygen atoms in total. The normalized spacial score (nSPS) is 19.5. The predicted molar refractivity (Wildman–Crippen MR) is 157 cm³/mol. The van der Waals surface area contributed by atoms with Gasteiger partial charge < -0.3 is 19.4 Å². The Morgan fingerprint density at radius 2 is 2.05 bits per heavy atom. The maximum Gasteiger partial charge on any atom is 0.320 e. The molecule has 0 bridgehead atoms. The molecule has 6 rings (SSSR count). The average molecular weight is 572 g/mol. The van der Waals surface area contributed by atoms with Crippen molar-refractivity contribution in [2.24, 2.45) is 0 Å². The summed E-state index contributed by atoms with van der Waals surface area (Å²) in [6.07, 6.45) is 2.24. The number of carbonyl (C=O) groups is 1. The van der Waals surface area contributed by atoms with E-state index in [1.165, 1.54) is 4.90 Å². The lowest BCUT2D eigenvalue weighted by molar-refractivity contribution is -0.131. The van der Waals surface area contributed by atoms with Crippen molar-refractivity contribution in [2.45, 2.75) is 31.3 Å². The molecular formula is C30H30FN7O2S. The van der Waals surface area contributed by atoms with Crippen molar-refractivity contribution in [3.8, 4) is 23.3 Å². The predicted octanol–water partition coefficient (Wildman–Crippen LogP) is 4.79. The van der Waals surface area contributed by atoms with E-state index < -0.39 is 17.8 Å². The van der Waals surface area contributed by atoms with E-state index in [2.05, 4.69) is 48.2 Å². The number of likely N-dealkylation sites (tertiary alicyclic amines) is 1. The van der Waals surface area contributed by atoms with Gasteiger partial charge in [0.15, 0.2) is 11.5 Å². The molecule has 2 fully saturated rings. The molecule has 1 amide bonds. The lowest BCUT2D eigenvalue weighted by Gasteiger charge is -2.41. The first kappa shape index (κ1) is 27.1. The molecule has 5 heterocycles. The van der Waals surface area contributed by atoms with Crippen LogP contribution in [0.1, 0.15) is 19.3 Å². The van der Waals surface area contributed by atoms with Crippen LogP contribution in [-0.4, -0.2) is 82.6 Å². The summed E-state index contributed by atoms with van der Waals surface area (Å²) in [6.45, 7) is 5.59. The fourth-order valence-corrected chi connectivity index (χ4v) is 6.66. The highest BCUT2D eigenvalue weighted by Crippen LogP contribution is 2.34. The van der Waals surface area contributed by atoms with Crippen molar-refractivity contribution >= 4 is 44.2 Å². The van der Waals surface area contributed by atoms with Gasteiger partial charge in [0.2, 0.25) is 0 Å². The summed E-state index contributed by atoms with van der Waals surface area (Å²) < 4.78 is 21.1. The van der Waals surface area contributed by atoms with Crippen molar-refractivity contribution in [3.05, 3.63) is 54.2 Å². The summed E-state index contributed by atoms with van der Waals surface area (Å²) in [7, 11) is 2.09. The molecule has 4 aromatic rings. The molecule has 2 saturated heterocycles. The van der Waals surface area contributed by atoms with Crippen LogP contribution in [0.5, 0.6) is 6.01 Å². The number of fused-ring (bicyclic) bond motifs is 2. The van der Waals surface area contributed by atoms with Gasteiger partial charge in [0.1, 0.15) is 12.4 Å². The molecule has 210 valence electrons. The van der Waals surface area contributed by atoms with Gasteiger partial charge in [0.25, 0.3) is 5.91 Å². The van der Waals surface area contributed by atoms with Crippen LogP contribution in [-0.2, 0) is 4.79 Å². The van der Waals surface area contributed by atoms with Crippen LogP contribution in [0.25, 0.3) is 32.4 Å². The van der Waals surface area contributed by atoms with E-state index in [0.717, 1.165) is 46.1 Å². The molecular weight excluding hydrogens is 541 g/mol. The summed E-state index contributed by atoms with van der Waals surface area (Å²) in [5.41, 5.74) is 2.33. The second kappa shape index (κ2) is 11.4. The van der Waals surface area contributed by atoms with Gasteiger partial charge >= 0.3 is 6.01 Å². The minimum atomic E-state index is -1.03. The number of piperazine rings is 1. The van der Waals surface area contributed by atoms with Crippen LogP contribution >= 0.6 is 11.3 Å². The van der Waals surface area contributed by atoms with E-state index in [9.17, 15) is 14.4 Å². The Bertz CT molecular complexity index is 1670. The maximum atomic E-state index is 13.7. The van der Waals surface area contributed by atoms with Crippen LogP contribution in [0.4, 0.5) is 10.2 Å². The molecule has 2 aliphatic rings. The number of carbonyl (C=O) groups excluding carboxylic acids is 1. The smallest absolute Gasteiger partial charge is 0.320 e. The standard InChI is InChI=1S/C30H30FN7O2S/c1-19(31)29(39)38-15-14-37(17-21(38)10-12-32)28-24-8-9-25(23-7-3-5-20-11-16-41-26(20)23)33-27(24)34-30(35-28)40-18-22-6-4-13-36(22)2/h3,5,7-9,11,16,21-22H,1,4,6,10,13-15,17-18H2,2H3/t21-,22-/m0/s1. The molecule has 2 aliphatic heterocycles. The van der Waals surface area contributed by atoms with E-state index in [-0.39, 0.29) is 25.0 Å². The highest BCUT2D eigenvalue weighted by atomic mass is 32.1. The number of amides is 1. The Kier molecular flexibility index (Phi) is 7.51. The third-order valence-corrected chi connectivity index (χ3v) is 8.92. The molecule has 11 heteroatoms. The number of rotatable bonds is 7. The van der Waals surface area contributed by atoms with Gasteiger partial charge in [-0.1, -0.05) is 24.8 Å². The second-order valence-electron chi connectivity index (χ2n) is 10.5. The van der Waals surface area contributed by atoms with Gasteiger partial charge in [-0.3, -0.25) is 4.79 Å². The van der Waals surface area contributed by atoms with Crippen LogP contribution < -0.4 is 9.64 Å². The lowest BCUT2D eigenvalue weighted by atomic mass is 10.1. The summed E-state index contributed by atoms with van der Waals surface area (Å²) in [4.78, 5) is 32.6. The fraction of sp³-hybridized carbons (Fsp3) is 0.367. The zero-order valence-corrected chi connectivity index (χ0v) is 23.6. The molecule has 0 radical (unpaired) electrons. The Balaban J connectivity index is 1.39. The highest BCUT2D eigenvalue weighted by Gasteiger charge is 2.33. The summed E-state index contributed by atoms with van der Waals surface area (Å²) in [5, 5.41) is 13.4. The zero-order chi connectivity index (χ0) is 28.5. The minimum Gasteiger partial charge on any atom is -0.462 e. The van der Waals surface area contributed by atoms with E-state index in [4.69, 9.17) is 19.7 Å². The molecule has 3 aromatic heterocycles. The van der Waals surface area contributed by atoms with Gasteiger partial charge in [-0.2, -0.15) is 15.2 Å². The summed E-state index contributed by atoms with van der Waals surface area (Å²) in [5.74, 6) is -1.19. The van der Waals surface area contributed by atoms with Gasteiger partial charge in [-0.05, 0) is 55.4 Å². The molecule has 2 atom stereocenters. The van der Waals surface area contributed by atoms with E-state index in [1.54, 1.807) is 11.3 Å². The van der Waals surface area contributed by atoms with Crippen LogP contribution in [0.15, 0.2) is 54.2 Å². The number of nitriles is 1. The number of likely N-dealkylation sites (N-methyl/N-ethyl adjacent to an activating group) is 1. The number of benzene rings is 1. The van der Waals surface area contributed by atoms with Crippen LogP contribution in [0.3, 0.4) is 0 Å². The van der Waals surface area contributed by atoms with Crippen molar-refractivity contribution < 1.29 is 13.9 Å². The first-order valence-corrected chi connectivity index (χ1v) is 14.6. The van der Waals surface area contributed by atoms with Gasteiger partial charge in [0.05, 0.1) is 29.6 Å². The number of halogens is 1. The molecule has 1 aromatic carbocycles. The molecule has 41 heavy (non-hydrogen) atoms. The Morgan fingerprint density at radius 1 is 1.17 bits per heavy atom. The minimum absolute atomic E-state index is 0.0587. The number of hydrogen-bond acceptors (Lipinski definition) is 9. The first-order chi connectivity index (χ1) is 19.9. The molecule has 0 unspecified atom stereocenters. The number of nitrogens with zero attached hydrogens (tertiary/aromatic N) is 7. The highest BCUT2D eigenvalue weighted by molar-refractivity contribution is 7.17. The zero-order valence-electron chi connectivity index (χ0n) is 22.8. The van der Waals surface area contributed by atoms with Crippen molar-refractivity contribution in [2.75, 3.05) is 44.7 Å². The van der Waals surface area contributed by atoms with E-state index in [1.807, 2.05) is 23.1 Å². The van der Waals surface area contributed by atoms with Crippen molar-refractivity contribution in [1.82, 2.24) is 24.8 Å². The van der Waals surface area contributed by atoms with Gasteiger partial charge in [-0.15, -0.1) is 11.3 Å². The summed E-state index contributed by atoms with van der Waals surface area (Å²) >= 11 is 1.67. The maximum absolute atomic E-state index is 13.7. The molecule has 0 spiro atoms. The van der Waals surface area contributed by atoms with Crippen LogP contribution in [0, 0.1) is 11.3 Å². The Morgan fingerprint density at radius 3 is 2.83 bits per heavy atom. The third kappa shape index (κ3) is 5.33. The number of thiophene rings is 1. The van der Waals surface area contributed by atoms with Crippen molar-refractivity contribution in [1.29, 1.82) is 5.26 Å². The quantitative estimate of drug-likeness (QED) is 0.292.